The number of rotatable bonds is 7. The minimum Gasteiger partial charge on any atom is -0.309 e. The van der Waals surface area contributed by atoms with E-state index in [1.54, 1.807) is 24.3 Å². The van der Waals surface area contributed by atoms with E-state index in [0.29, 0.717) is 39.2 Å². The Labute approximate surface area is 218 Å². The van der Waals surface area contributed by atoms with Crippen LogP contribution in [-0.2, 0) is 23.7 Å². The van der Waals surface area contributed by atoms with E-state index in [4.69, 9.17) is 0 Å². The molecular weight excluding hydrogens is 532 g/mol. The third-order valence-electron chi connectivity index (χ3n) is 5.70. The number of fused-ring (bicyclic) bond motifs is 1. The lowest BCUT2D eigenvalue weighted by molar-refractivity contribution is -0.143. The average Bonchev–Trinajstić information content (AvgIpc) is 3.38. The summed E-state index contributed by atoms with van der Waals surface area (Å²) < 4.78 is 80.8. The molecule has 3 aromatic rings. The van der Waals surface area contributed by atoms with Crippen LogP contribution in [0.15, 0.2) is 52.5 Å². The number of alkyl halides is 6. The van der Waals surface area contributed by atoms with Crippen LogP contribution in [-0.4, -0.2) is 52.9 Å². The van der Waals surface area contributed by atoms with Crippen molar-refractivity contribution < 1.29 is 31.1 Å². The lowest BCUT2D eigenvalue weighted by Crippen LogP contribution is -2.20. The lowest BCUT2D eigenvalue weighted by atomic mass is 10.0. The first-order valence-corrected chi connectivity index (χ1v) is 12.3. The fourth-order valence-corrected chi connectivity index (χ4v) is 4.70. The molecule has 1 aliphatic heterocycles. The molecule has 1 amide bonds. The van der Waals surface area contributed by atoms with Crippen molar-refractivity contribution >= 4 is 39.8 Å². The number of aromatic nitrogens is 2. The molecule has 6 nitrogen and oxygen atoms in total. The summed E-state index contributed by atoms with van der Waals surface area (Å²) in [5.41, 5.74) is -1.90. The second-order valence-electron chi connectivity index (χ2n) is 8.90. The van der Waals surface area contributed by atoms with Gasteiger partial charge >= 0.3 is 12.4 Å². The summed E-state index contributed by atoms with van der Waals surface area (Å²) in [7, 11) is 3.93. The molecule has 202 valence electrons. The van der Waals surface area contributed by atoms with E-state index >= 15 is 0 Å². The van der Waals surface area contributed by atoms with Gasteiger partial charge in [0.2, 0.25) is 0 Å². The zero-order chi connectivity index (χ0) is 27.7. The van der Waals surface area contributed by atoms with Crippen molar-refractivity contribution in [3.8, 4) is 0 Å². The van der Waals surface area contributed by atoms with Gasteiger partial charge in [-0.25, -0.2) is 0 Å². The topological polar surface area (TPSA) is 62.5 Å². The molecule has 1 aromatic heterocycles. The number of amidine groups is 1. The normalized spacial score (nSPS) is 16.8. The van der Waals surface area contributed by atoms with Gasteiger partial charge in [-0.3, -0.25) is 14.5 Å². The molecule has 1 fully saturated rings. The first-order chi connectivity index (χ1) is 17.8. The summed E-state index contributed by atoms with van der Waals surface area (Å²) in [5.74, 6) is -0.279. The summed E-state index contributed by atoms with van der Waals surface area (Å²) in [6, 6.07) is 6.63. The van der Waals surface area contributed by atoms with Crippen LogP contribution in [0.4, 0.5) is 26.3 Å². The predicted octanol–water partition coefficient (Wildman–Crippen LogP) is 5.63. The first kappa shape index (κ1) is 27.7. The van der Waals surface area contributed by atoms with Crippen molar-refractivity contribution in [2.45, 2.75) is 25.3 Å². The van der Waals surface area contributed by atoms with E-state index in [9.17, 15) is 31.1 Å². The highest BCUT2D eigenvalue weighted by Crippen LogP contribution is 2.38. The molecule has 0 saturated carbocycles. The Balaban J connectivity index is 1.54. The fourth-order valence-electron chi connectivity index (χ4n) is 3.86. The van der Waals surface area contributed by atoms with Crippen molar-refractivity contribution in [3.63, 3.8) is 0 Å². The molecule has 1 N–H and O–H groups in total. The zero-order valence-electron chi connectivity index (χ0n) is 20.3. The third kappa shape index (κ3) is 6.57. The van der Waals surface area contributed by atoms with Gasteiger partial charge in [-0.1, -0.05) is 12.1 Å². The first-order valence-electron chi connectivity index (χ1n) is 11.4. The number of nitrogens with zero attached hydrogens (tertiary/aromatic N) is 4. The van der Waals surface area contributed by atoms with Crippen LogP contribution in [0, 0.1) is 0 Å². The molecule has 0 atom stereocenters. The summed E-state index contributed by atoms with van der Waals surface area (Å²) in [5, 5.41) is 7.98. The van der Waals surface area contributed by atoms with E-state index in [-0.39, 0.29) is 24.1 Å². The highest BCUT2D eigenvalue weighted by Gasteiger charge is 2.38. The summed E-state index contributed by atoms with van der Waals surface area (Å²) in [4.78, 5) is 19.2. The Kier molecular flexibility index (Phi) is 7.88. The molecule has 0 radical (unpaired) electrons. The van der Waals surface area contributed by atoms with Crippen molar-refractivity contribution in [2.75, 3.05) is 27.2 Å². The van der Waals surface area contributed by atoms with Gasteiger partial charge in [0.25, 0.3) is 5.91 Å². The Morgan fingerprint density at radius 2 is 1.84 bits per heavy atom. The third-order valence-corrected chi connectivity index (χ3v) is 6.64. The fraction of sp³-hybridized carbons (Fsp3) is 0.320. The van der Waals surface area contributed by atoms with E-state index in [1.807, 2.05) is 19.0 Å². The van der Waals surface area contributed by atoms with Crippen LogP contribution in [0.5, 0.6) is 0 Å². The van der Waals surface area contributed by atoms with E-state index < -0.39 is 23.5 Å². The monoisotopic (exact) mass is 555 g/mol. The highest BCUT2D eigenvalue weighted by atomic mass is 32.2. The van der Waals surface area contributed by atoms with Crippen LogP contribution in [0.1, 0.15) is 28.7 Å². The van der Waals surface area contributed by atoms with Crippen molar-refractivity contribution in [3.05, 3.63) is 69.8 Å². The van der Waals surface area contributed by atoms with Gasteiger partial charge in [0.1, 0.15) is 0 Å². The molecule has 4 rings (SSSR count). The summed E-state index contributed by atoms with van der Waals surface area (Å²) in [6.45, 7) is 1.08. The molecule has 0 bridgehead atoms. The standard InChI is InChI=1S/C25H23F6N5OS/c1-35(2)9-3-8-32-23-34-22(37)21(38-23)11-15-4-7-20-17(10-15)13-33-36(20)14-16-5-6-18(24(26,27)28)12-19(16)25(29,30)31/h4-7,10-13H,3,8-9,14H2,1-2H3,(H,32,34,37)/b21-11-. The summed E-state index contributed by atoms with van der Waals surface area (Å²) >= 11 is 1.22. The maximum atomic E-state index is 13.5. The number of aliphatic imine (C=N–C) groups is 1. The molecule has 13 heteroatoms. The molecule has 0 unspecified atom stereocenters. The average molecular weight is 556 g/mol. The number of hydrogen-bond acceptors (Lipinski definition) is 5. The Hall–Kier alpha value is -3.32. The SMILES string of the molecule is CN(C)CCCN=C1NC(=O)/C(=C/c2ccc3c(cnn3Cc3ccc(C(F)(F)F)cc3C(F)(F)F)c2)S1. The molecule has 0 aliphatic carbocycles. The van der Waals surface area contributed by atoms with Gasteiger partial charge in [0.15, 0.2) is 5.17 Å². The van der Waals surface area contributed by atoms with Gasteiger partial charge in [0, 0.05) is 11.9 Å². The number of hydrogen-bond donors (Lipinski definition) is 1. The Morgan fingerprint density at radius 3 is 2.53 bits per heavy atom. The zero-order valence-corrected chi connectivity index (χ0v) is 21.1. The minimum absolute atomic E-state index is 0.120. The van der Waals surface area contributed by atoms with Gasteiger partial charge < -0.3 is 10.2 Å². The molecular formula is C25H23F6N5OS. The van der Waals surface area contributed by atoms with E-state index in [0.717, 1.165) is 19.0 Å². The van der Waals surface area contributed by atoms with E-state index in [2.05, 4.69) is 15.4 Å². The van der Waals surface area contributed by atoms with Gasteiger partial charge in [-0.15, -0.1) is 0 Å². The Bertz CT molecular complexity index is 1410. The molecule has 1 saturated heterocycles. The number of carbonyl (C=O) groups excluding carboxylic acids is 1. The van der Waals surface area contributed by atoms with Crippen LogP contribution < -0.4 is 5.32 Å². The molecule has 2 aromatic carbocycles. The van der Waals surface area contributed by atoms with Crippen molar-refractivity contribution in [2.24, 2.45) is 4.99 Å². The number of thioether (sulfide) groups is 1. The molecule has 38 heavy (non-hydrogen) atoms. The second kappa shape index (κ2) is 10.8. The molecule has 1 aliphatic rings. The minimum atomic E-state index is -4.97. The number of amides is 1. The smallest absolute Gasteiger partial charge is 0.309 e. The second-order valence-corrected chi connectivity index (χ2v) is 9.93. The largest absolute Gasteiger partial charge is 0.416 e. The van der Waals surface area contributed by atoms with Crippen molar-refractivity contribution in [1.82, 2.24) is 20.0 Å². The quantitative estimate of drug-likeness (QED) is 0.233. The number of carbonyl (C=O) groups is 1. The summed E-state index contributed by atoms with van der Waals surface area (Å²) in [6.07, 6.45) is -5.88. The highest BCUT2D eigenvalue weighted by molar-refractivity contribution is 8.18. The maximum Gasteiger partial charge on any atom is 0.416 e. The lowest BCUT2D eigenvalue weighted by Gasteiger charge is -2.16. The van der Waals surface area contributed by atoms with Gasteiger partial charge in [0.05, 0.1) is 34.3 Å². The maximum absolute atomic E-state index is 13.5. The van der Waals surface area contributed by atoms with Crippen LogP contribution in [0.25, 0.3) is 17.0 Å². The van der Waals surface area contributed by atoms with Gasteiger partial charge in [-0.05, 0) is 80.3 Å². The van der Waals surface area contributed by atoms with E-state index in [1.165, 1.54) is 22.6 Å². The van der Waals surface area contributed by atoms with Crippen LogP contribution >= 0.6 is 11.8 Å². The molecule has 2 heterocycles. The number of benzene rings is 2. The Morgan fingerprint density at radius 1 is 1.08 bits per heavy atom. The number of nitrogens with one attached hydrogen (secondary N) is 1. The molecule has 0 spiro atoms. The van der Waals surface area contributed by atoms with Gasteiger partial charge in [-0.2, -0.15) is 31.4 Å². The number of halogens is 6. The van der Waals surface area contributed by atoms with Crippen LogP contribution in [0.3, 0.4) is 0 Å². The van der Waals surface area contributed by atoms with Crippen molar-refractivity contribution in [1.29, 1.82) is 0 Å². The predicted molar refractivity (Wildman–Crippen MR) is 134 cm³/mol. The van der Waals surface area contributed by atoms with Crippen LogP contribution in [0.2, 0.25) is 0 Å².